The molecule has 2 rings (SSSR count). The van der Waals surface area contributed by atoms with Gasteiger partial charge < -0.3 is 10.2 Å². The molecule has 1 aliphatic rings. The number of nitrogens with one attached hydrogen (secondary N) is 1. The van der Waals surface area contributed by atoms with Gasteiger partial charge in [0.2, 0.25) is 0 Å². The average Bonchev–Trinajstić information content (AvgIpc) is 2.63. The summed E-state index contributed by atoms with van der Waals surface area (Å²) in [5, 5.41) is 12.4. The van der Waals surface area contributed by atoms with Gasteiger partial charge in [-0.15, -0.1) is 0 Å². The number of piperidine rings is 1. The second-order valence-corrected chi connectivity index (χ2v) is 6.57. The van der Waals surface area contributed by atoms with Crippen LogP contribution in [-0.4, -0.2) is 29.9 Å². The van der Waals surface area contributed by atoms with E-state index in [0.717, 1.165) is 38.8 Å². The molecule has 4 heteroatoms. The van der Waals surface area contributed by atoms with E-state index in [1.165, 1.54) is 5.56 Å². The van der Waals surface area contributed by atoms with Crippen LogP contribution in [0.2, 0.25) is 0 Å². The Morgan fingerprint density at radius 2 is 2.04 bits per heavy atom. The van der Waals surface area contributed by atoms with E-state index in [1.807, 2.05) is 24.0 Å². The van der Waals surface area contributed by atoms with Crippen molar-refractivity contribution in [3.05, 3.63) is 47.7 Å². The van der Waals surface area contributed by atoms with Crippen LogP contribution in [0.25, 0.3) is 0 Å². The van der Waals surface area contributed by atoms with Gasteiger partial charge in [0.1, 0.15) is 11.6 Å². The number of benzene rings is 1. The minimum atomic E-state index is -0.147. The van der Waals surface area contributed by atoms with Crippen molar-refractivity contribution in [2.24, 2.45) is 5.92 Å². The first-order valence-electron chi connectivity index (χ1n) is 8.83. The van der Waals surface area contributed by atoms with E-state index in [1.54, 1.807) is 6.20 Å². The maximum Gasteiger partial charge on any atom is 0.265 e. The Labute approximate surface area is 145 Å². The van der Waals surface area contributed by atoms with Crippen LogP contribution < -0.4 is 5.32 Å². The lowest BCUT2D eigenvalue weighted by Crippen LogP contribution is -2.40. The SMILES string of the molecule is CCC(C)N/C=C(/C#N)C(=O)N1CCC(Cc2ccccc2)CC1. The molecular weight excluding hydrogens is 298 g/mol. The molecule has 1 saturated heterocycles. The van der Waals surface area contributed by atoms with Crippen molar-refractivity contribution >= 4 is 5.91 Å². The number of likely N-dealkylation sites (tertiary alicyclic amines) is 1. The number of amides is 1. The predicted molar refractivity (Wildman–Crippen MR) is 96.0 cm³/mol. The fraction of sp³-hybridized carbons (Fsp3) is 0.500. The first kappa shape index (κ1) is 18.1. The normalized spacial score (nSPS) is 17.2. The Hall–Kier alpha value is -2.28. The summed E-state index contributed by atoms with van der Waals surface area (Å²) in [6, 6.07) is 12.8. The van der Waals surface area contributed by atoms with Crippen molar-refractivity contribution in [1.29, 1.82) is 5.26 Å². The van der Waals surface area contributed by atoms with Crippen LogP contribution in [-0.2, 0) is 11.2 Å². The minimum Gasteiger partial charge on any atom is -0.387 e. The molecule has 1 atom stereocenters. The summed E-state index contributed by atoms with van der Waals surface area (Å²) in [5.41, 5.74) is 1.56. The van der Waals surface area contributed by atoms with Crippen molar-refractivity contribution in [3.63, 3.8) is 0 Å². The predicted octanol–water partition coefficient (Wildman–Crippen LogP) is 3.26. The lowest BCUT2D eigenvalue weighted by atomic mass is 9.90. The quantitative estimate of drug-likeness (QED) is 0.645. The van der Waals surface area contributed by atoms with Crippen LogP contribution in [0.5, 0.6) is 0 Å². The second kappa shape index (κ2) is 9.12. The molecular formula is C20H27N3O. The molecule has 1 aromatic rings. The zero-order valence-corrected chi connectivity index (χ0v) is 14.7. The molecule has 1 fully saturated rings. The zero-order chi connectivity index (χ0) is 17.4. The molecule has 0 aliphatic carbocycles. The third-order valence-corrected chi connectivity index (χ3v) is 4.74. The number of hydrogen-bond donors (Lipinski definition) is 1. The van der Waals surface area contributed by atoms with Crippen LogP contribution in [0.4, 0.5) is 0 Å². The fourth-order valence-electron chi connectivity index (χ4n) is 2.94. The lowest BCUT2D eigenvalue weighted by molar-refractivity contribution is -0.128. The van der Waals surface area contributed by atoms with E-state index < -0.39 is 0 Å². The number of rotatable bonds is 6. The number of hydrogen-bond acceptors (Lipinski definition) is 3. The van der Waals surface area contributed by atoms with Gasteiger partial charge in [-0.1, -0.05) is 37.3 Å². The van der Waals surface area contributed by atoms with E-state index in [2.05, 4.69) is 36.5 Å². The summed E-state index contributed by atoms with van der Waals surface area (Å²) in [4.78, 5) is 14.3. The number of carbonyl (C=O) groups excluding carboxylic acids is 1. The summed E-state index contributed by atoms with van der Waals surface area (Å²) in [5.74, 6) is 0.468. The third-order valence-electron chi connectivity index (χ3n) is 4.74. The Morgan fingerprint density at radius 3 is 2.62 bits per heavy atom. The molecule has 1 heterocycles. The molecule has 1 N–H and O–H groups in total. The molecule has 1 aliphatic heterocycles. The van der Waals surface area contributed by atoms with Crippen LogP contribution in [0.1, 0.15) is 38.7 Å². The Bertz CT molecular complexity index is 595. The lowest BCUT2D eigenvalue weighted by Gasteiger charge is -2.32. The molecule has 0 bridgehead atoms. The first-order valence-corrected chi connectivity index (χ1v) is 8.83. The molecule has 0 radical (unpaired) electrons. The Balaban J connectivity index is 1.86. The monoisotopic (exact) mass is 325 g/mol. The van der Waals surface area contributed by atoms with Crippen LogP contribution in [0.15, 0.2) is 42.1 Å². The van der Waals surface area contributed by atoms with Gasteiger partial charge in [-0.25, -0.2) is 0 Å². The third kappa shape index (κ3) is 5.13. The van der Waals surface area contributed by atoms with Gasteiger partial charge in [-0.2, -0.15) is 5.26 Å². The van der Waals surface area contributed by atoms with Gasteiger partial charge in [0.05, 0.1) is 0 Å². The molecule has 0 spiro atoms. The van der Waals surface area contributed by atoms with E-state index in [4.69, 9.17) is 0 Å². The van der Waals surface area contributed by atoms with Gasteiger partial charge >= 0.3 is 0 Å². The van der Waals surface area contributed by atoms with E-state index >= 15 is 0 Å². The number of carbonyl (C=O) groups is 1. The standard InChI is InChI=1S/C20H27N3O/c1-3-16(2)22-15-19(14-21)20(24)23-11-9-18(10-12-23)13-17-7-5-4-6-8-17/h4-8,15-16,18,22H,3,9-13H2,1-2H3/b19-15-. The van der Waals surface area contributed by atoms with Crippen molar-refractivity contribution in [1.82, 2.24) is 10.2 Å². The minimum absolute atomic E-state index is 0.147. The Morgan fingerprint density at radius 1 is 1.38 bits per heavy atom. The van der Waals surface area contributed by atoms with Crippen molar-refractivity contribution in [2.45, 2.75) is 45.6 Å². The number of nitriles is 1. The fourth-order valence-corrected chi connectivity index (χ4v) is 2.94. The van der Waals surface area contributed by atoms with Gasteiger partial charge in [0.25, 0.3) is 5.91 Å². The largest absolute Gasteiger partial charge is 0.387 e. The van der Waals surface area contributed by atoms with Gasteiger partial charge in [-0.3, -0.25) is 4.79 Å². The second-order valence-electron chi connectivity index (χ2n) is 6.57. The average molecular weight is 325 g/mol. The molecule has 1 unspecified atom stereocenters. The highest BCUT2D eigenvalue weighted by Crippen LogP contribution is 2.22. The summed E-state index contributed by atoms with van der Waals surface area (Å²) < 4.78 is 0. The summed E-state index contributed by atoms with van der Waals surface area (Å²) in [6.45, 7) is 5.57. The molecule has 0 saturated carbocycles. The van der Waals surface area contributed by atoms with Crippen LogP contribution in [0.3, 0.4) is 0 Å². The van der Waals surface area contributed by atoms with Crippen molar-refractivity contribution in [2.75, 3.05) is 13.1 Å². The highest BCUT2D eigenvalue weighted by molar-refractivity contribution is 5.97. The van der Waals surface area contributed by atoms with E-state index in [0.29, 0.717) is 5.92 Å². The topological polar surface area (TPSA) is 56.1 Å². The molecule has 1 aromatic carbocycles. The maximum atomic E-state index is 12.5. The van der Waals surface area contributed by atoms with Crippen LogP contribution >= 0.6 is 0 Å². The van der Waals surface area contributed by atoms with Crippen LogP contribution in [0, 0.1) is 17.2 Å². The first-order chi connectivity index (χ1) is 11.6. The van der Waals surface area contributed by atoms with Gasteiger partial charge in [0, 0.05) is 25.3 Å². The zero-order valence-electron chi connectivity index (χ0n) is 14.7. The molecule has 0 aromatic heterocycles. The highest BCUT2D eigenvalue weighted by Gasteiger charge is 2.25. The van der Waals surface area contributed by atoms with Crippen molar-refractivity contribution < 1.29 is 4.79 Å². The molecule has 4 nitrogen and oxygen atoms in total. The van der Waals surface area contributed by atoms with Gasteiger partial charge in [-0.05, 0) is 44.1 Å². The molecule has 1 amide bonds. The van der Waals surface area contributed by atoms with Gasteiger partial charge in [0.15, 0.2) is 0 Å². The van der Waals surface area contributed by atoms with Crippen molar-refractivity contribution in [3.8, 4) is 6.07 Å². The summed E-state index contributed by atoms with van der Waals surface area (Å²) in [6.07, 6.45) is 5.59. The summed E-state index contributed by atoms with van der Waals surface area (Å²) >= 11 is 0. The maximum absolute atomic E-state index is 12.5. The molecule has 24 heavy (non-hydrogen) atoms. The molecule has 128 valence electrons. The number of nitrogens with zero attached hydrogens (tertiary/aromatic N) is 2. The summed E-state index contributed by atoms with van der Waals surface area (Å²) in [7, 11) is 0. The highest BCUT2D eigenvalue weighted by atomic mass is 16.2. The smallest absolute Gasteiger partial charge is 0.265 e. The Kier molecular flexibility index (Phi) is 6.87. The van der Waals surface area contributed by atoms with E-state index in [-0.39, 0.29) is 17.5 Å². The van der Waals surface area contributed by atoms with E-state index in [9.17, 15) is 10.1 Å².